The molecular formula is C88H144N16S8+8. The molecule has 8 aromatic rings. The Balaban J connectivity index is 0.877. The summed E-state index contributed by atoms with van der Waals surface area (Å²) in [5.74, 6) is 20.6. The van der Waals surface area contributed by atoms with Crippen molar-refractivity contribution in [2.75, 3.05) is 92.0 Å². The van der Waals surface area contributed by atoms with Gasteiger partial charge in [0.15, 0.2) is 0 Å². The molecule has 0 spiro atoms. The molecule has 112 heavy (non-hydrogen) atoms. The second kappa shape index (κ2) is 41.0. The van der Waals surface area contributed by atoms with Crippen molar-refractivity contribution in [2.24, 2.45) is 99.7 Å². The predicted octanol–water partition coefficient (Wildman–Crippen LogP) is 13.8. The van der Waals surface area contributed by atoms with E-state index in [0.29, 0.717) is 43.3 Å². The molecular weight excluding hydrogens is 1540 g/mol. The fraction of sp³-hybridized carbons (Fsp3) is 0.727. The zero-order valence-corrected chi connectivity index (χ0v) is 76.8. The van der Waals surface area contributed by atoms with Crippen LogP contribution in [-0.4, -0.2) is 129 Å². The van der Waals surface area contributed by atoms with Gasteiger partial charge in [0.25, 0.3) is 0 Å². The van der Waals surface area contributed by atoms with Crippen molar-refractivity contribution >= 4 is 94.1 Å². The summed E-state index contributed by atoms with van der Waals surface area (Å²) >= 11 is 18.6. The Bertz CT molecular complexity index is 3260. The second-order valence-corrected chi connectivity index (χ2v) is 44.1. The van der Waals surface area contributed by atoms with Crippen LogP contribution in [0.5, 0.6) is 0 Å². The van der Waals surface area contributed by atoms with Crippen molar-refractivity contribution in [1.29, 1.82) is 0 Å². The molecule has 6 fully saturated rings. The van der Waals surface area contributed by atoms with E-state index in [1.165, 1.54) is 246 Å². The van der Waals surface area contributed by atoms with Gasteiger partial charge >= 0.3 is 0 Å². The molecule has 0 atom stereocenters. The molecule has 0 aliphatic heterocycles. The summed E-state index contributed by atoms with van der Waals surface area (Å²) in [5.41, 5.74) is 3.20. The highest BCUT2D eigenvalue weighted by molar-refractivity contribution is 8.00. The molecule has 6 aliphatic rings. The minimum Gasteiger partial charge on any atom is -0.240 e. The van der Waals surface area contributed by atoms with Crippen LogP contribution in [0, 0.1) is 43.3 Å². The van der Waals surface area contributed by atoms with Crippen LogP contribution in [0.1, 0.15) is 154 Å². The van der Waals surface area contributed by atoms with Crippen molar-refractivity contribution in [3.05, 3.63) is 150 Å². The van der Waals surface area contributed by atoms with Crippen LogP contribution in [0.15, 0.2) is 150 Å². The van der Waals surface area contributed by atoms with Crippen LogP contribution in [0.25, 0.3) is 0 Å². The maximum absolute atomic E-state index is 2.42. The Morgan fingerprint density at radius 2 is 0.277 bits per heavy atom. The Labute approximate surface area is 709 Å². The summed E-state index contributed by atoms with van der Waals surface area (Å²) in [4.78, 5) is 0. The summed E-state index contributed by atoms with van der Waals surface area (Å²) in [6, 6.07) is 0. The lowest BCUT2D eigenvalue weighted by molar-refractivity contribution is -0.890. The molecule has 6 saturated carbocycles. The first kappa shape index (κ1) is 86.3. The smallest absolute Gasteiger partial charge is 0.240 e. The van der Waals surface area contributed by atoms with Crippen molar-refractivity contribution in [3.63, 3.8) is 0 Å². The van der Waals surface area contributed by atoms with Gasteiger partial charge in [-0.25, -0.2) is 73.1 Å². The molecule has 0 radical (unpaired) electrons. The summed E-state index contributed by atoms with van der Waals surface area (Å²) in [6.07, 6.45) is 87.1. The van der Waals surface area contributed by atoms with Crippen molar-refractivity contribution in [1.82, 2.24) is 36.5 Å². The summed E-state index contributed by atoms with van der Waals surface area (Å²) in [7, 11) is 17.4. The number of imidazole rings is 8. The third kappa shape index (κ3) is 16.9. The number of aromatic nitrogens is 16. The van der Waals surface area contributed by atoms with Gasteiger partial charge in [0.1, 0.15) is 99.1 Å². The molecule has 0 unspecified atom stereocenters. The van der Waals surface area contributed by atoms with Gasteiger partial charge in [-0.05, 0) is 289 Å². The van der Waals surface area contributed by atoms with E-state index in [1.54, 1.807) is 0 Å². The van der Waals surface area contributed by atoms with Crippen LogP contribution < -0.4 is 36.5 Å². The zero-order chi connectivity index (χ0) is 77.8. The van der Waals surface area contributed by atoms with Gasteiger partial charge in [-0.3, -0.25) is 0 Å². The molecule has 8 heterocycles. The van der Waals surface area contributed by atoms with E-state index in [1.807, 2.05) is 0 Å². The minimum absolute atomic E-state index is 0.400. The van der Waals surface area contributed by atoms with E-state index in [-0.39, 0.29) is 0 Å². The van der Waals surface area contributed by atoms with Gasteiger partial charge in [0.05, 0.1) is 109 Å². The number of hydrogen-bond acceptors (Lipinski definition) is 8. The average molecular weight is 1680 g/mol. The number of nitrogens with zero attached hydrogens (tertiary/aromatic N) is 16. The van der Waals surface area contributed by atoms with Crippen LogP contribution in [0.2, 0.25) is 0 Å². The molecule has 14 rings (SSSR count). The van der Waals surface area contributed by atoms with Gasteiger partial charge < -0.3 is 0 Å². The Morgan fingerprint density at radius 3 is 0.375 bits per heavy atom. The first-order chi connectivity index (χ1) is 54.8. The molecule has 0 saturated heterocycles. The first-order valence-corrected chi connectivity index (χ1v) is 52.7. The van der Waals surface area contributed by atoms with Crippen molar-refractivity contribution < 1.29 is 36.5 Å². The summed E-state index contributed by atoms with van der Waals surface area (Å²) in [6.45, 7) is 8.91. The fourth-order valence-corrected chi connectivity index (χ4v) is 32.8. The van der Waals surface area contributed by atoms with Gasteiger partial charge in [-0.2, -0.15) is 94.1 Å². The van der Waals surface area contributed by atoms with E-state index in [9.17, 15) is 0 Å². The molecule has 0 bridgehead atoms. The standard InChI is InChI=1S/C88H144N16S8/c1-89-41-49-97(73-89)33-17-65-105-57-9-25-81-82(26-10-58-106-66-18-34-98-50-42-90(2)74-98)85(29-13-61-109-69-21-37-101-53-45-93(5)77-101)83(81,27-11-59-107-67-19-35-99-51-43-91(3)75-99)87(31-15-63-111-71-23-39-103-55-47-95(7)79-103)84(81,28-12-60-108-68-20-36-100-52-44-92(4)76-100)86(82,30-14-62-110-70-22-38-102-54-46-94(6)78-102)88(85,87)32-16-64-112-72-24-40-104-56-48-96(8)80-104/h41-56,73-80H,9-40,57-72H2,1-8H3/q+8. The van der Waals surface area contributed by atoms with Crippen molar-refractivity contribution in [2.45, 2.75) is 206 Å². The summed E-state index contributed by atoms with van der Waals surface area (Å²) in [5, 5.41) is 0. The highest BCUT2D eigenvalue weighted by Gasteiger charge is 3.33. The van der Waals surface area contributed by atoms with Gasteiger partial charge in [0.2, 0.25) is 50.6 Å². The summed E-state index contributed by atoms with van der Waals surface area (Å²) < 4.78 is 37.0. The Kier molecular flexibility index (Phi) is 31.6. The third-order valence-electron chi connectivity index (χ3n) is 27.7. The van der Waals surface area contributed by atoms with Crippen LogP contribution in [0.4, 0.5) is 0 Å². The first-order valence-electron chi connectivity index (χ1n) is 43.5. The monoisotopic (exact) mass is 1680 g/mol. The molecule has 0 N–H and O–H groups in total. The quantitative estimate of drug-likeness (QED) is 0.0276. The molecule has 6 aliphatic carbocycles. The van der Waals surface area contributed by atoms with Crippen LogP contribution >= 0.6 is 94.1 Å². The second-order valence-electron chi connectivity index (χ2n) is 34.3. The van der Waals surface area contributed by atoms with Crippen LogP contribution in [0.3, 0.4) is 0 Å². The topological polar surface area (TPSA) is 70.5 Å². The number of aryl methyl sites for hydroxylation is 16. The van der Waals surface area contributed by atoms with E-state index >= 15 is 0 Å². The van der Waals surface area contributed by atoms with E-state index in [2.05, 4.69) is 373 Å². The largest absolute Gasteiger partial charge is 0.243 e. The van der Waals surface area contributed by atoms with Crippen LogP contribution in [-0.2, 0) is 109 Å². The Hall–Kier alpha value is -3.52. The molecule has 0 aromatic carbocycles. The zero-order valence-electron chi connectivity index (χ0n) is 70.2. The molecule has 24 heteroatoms. The Morgan fingerprint density at radius 1 is 0.170 bits per heavy atom. The van der Waals surface area contributed by atoms with Gasteiger partial charge in [0, 0.05) is 0 Å². The lowest BCUT2D eigenvalue weighted by Gasteiger charge is -3.34. The number of thioether (sulfide) groups is 8. The van der Waals surface area contributed by atoms with E-state index in [0.717, 1.165) is 52.4 Å². The average Bonchev–Trinajstić information content (AvgIpc) is 0.564. The van der Waals surface area contributed by atoms with Crippen molar-refractivity contribution in [3.8, 4) is 0 Å². The molecule has 8 aromatic heterocycles. The molecule has 0 amide bonds. The maximum atomic E-state index is 2.42. The molecule has 616 valence electrons. The number of rotatable bonds is 64. The van der Waals surface area contributed by atoms with E-state index in [4.69, 9.17) is 0 Å². The normalized spacial score (nSPS) is 24.2. The molecule has 16 nitrogen and oxygen atoms in total. The predicted molar refractivity (Wildman–Crippen MR) is 474 cm³/mol. The van der Waals surface area contributed by atoms with Gasteiger partial charge in [-0.15, -0.1) is 0 Å². The lowest BCUT2D eigenvalue weighted by atomic mass is 8.68. The lowest BCUT2D eigenvalue weighted by Crippen LogP contribution is -3.32. The van der Waals surface area contributed by atoms with Gasteiger partial charge in [-0.1, -0.05) is 0 Å². The highest BCUT2D eigenvalue weighted by Crippen LogP contribution is 3.36. The maximum Gasteiger partial charge on any atom is 0.243 e. The number of hydrogen-bond donors (Lipinski definition) is 0. The highest BCUT2D eigenvalue weighted by atomic mass is 32.2. The SMILES string of the molecule is C[n+]1ccn(CCCSCCCC23C4(CCCSCCCn5cc[n+](C)c5)C5(CCCSCCCn6cc[n+](C)c6)C2(CCCSCCCn2cc[n+](C)c2)C2(CCCSCCCn6cc[n+](C)c6)C3(CCCSCCCn3cc[n+](C)c3)C4(CCCSCCCn3cc[n+](C)c3)C52CCCSCCCn2cc[n+](C)c2)c1. The van der Waals surface area contributed by atoms with E-state index < -0.39 is 0 Å². The minimum atomic E-state index is 0.400. The third-order valence-corrected chi connectivity index (χ3v) is 36.9. The fourth-order valence-electron chi connectivity index (χ4n) is 25.7.